The monoisotopic (exact) mass is 148 g/mol. The van der Waals surface area contributed by atoms with Gasteiger partial charge in [0, 0.05) is 0 Å². The highest BCUT2D eigenvalue weighted by Gasteiger charge is 1.83. The van der Waals surface area contributed by atoms with Gasteiger partial charge in [-0.15, -0.1) is 11.8 Å². The van der Waals surface area contributed by atoms with Crippen LogP contribution < -0.4 is 0 Å². The maximum absolute atomic E-state index is 4.87. The molecular weight excluding hydrogens is 135 g/mol. The molecule has 0 bridgehead atoms. The van der Waals surface area contributed by atoms with E-state index in [9.17, 15) is 0 Å². The van der Waals surface area contributed by atoms with Crippen LogP contribution in [0.3, 0.4) is 0 Å². The lowest BCUT2D eigenvalue weighted by Gasteiger charge is -1.93. The van der Waals surface area contributed by atoms with E-state index < -0.39 is 0 Å². The van der Waals surface area contributed by atoms with Gasteiger partial charge in [0.2, 0.25) is 0 Å². The van der Waals surface area contributed by atoms with Crippen LogP contribution in [0.15, 0.2) is 11.4 Å². The molecule has 0 aromatic rings. The number of allylic oxidation sites excluding steroid dienone is 1. The van der Waals surface area contributed by atoms with Gasteiger partial charge in [0.1, 0.15) is 0 Å². The zero-order chi connectivity index (χ0) is 6.41. The van der Waals surface area contributed by atoms with Crippen LogP contribution in [0.25, 0.3) is 0 Å². The summed E-state index contributed by atoms with van der Waals surface area (Å²) in [5.74, 6) is 2.22. The van der Waals surface area contributed by atoms with Gasteiger partial charge in [-0.1, -0.05) is 25.2 Å². The highest BCUT2D eigenvalue weighted by Crippen LogP contribution is 2.09. The van der Waals surface area contributed by atoms with Crippen molar-refractivity contribution in [2.24, 2.45) is 0 Å². The summed E-state index contributed by atoms with van der Waals surface area (Å²) in [7, 11) is 0.169. The molecule has 0 radical (unpaired) electrons. The molecule has 0 aliphatic rings. The first-order valence-electron chi connectivity index (χ1n) is 2.98. The van der Waals surface area contributed by atoms with E-state index >= 15 is 0 Å². The Morgan fingerprint density at radius 3 is 2.12 bits per heavy atom. The molecule has 1 unspecified atom stereocenters. The average molecular weight is 148 g/mol. The predicted molar refractivity (Wildman–Crippen MR) is 45.7 cm³/mol. The van der Waals surface area contributed by atoms with E-state index in [-0.39, 0.29) is 7.36 Å². The van der Waals surface area contributed by atoms with Crippen molar-refractivity contribution in [3.05, 3.63) is 11.4 Å². The first-order valence-corrected chi connectivity index (χ1v) is 5.53. The molecule has 0 aromatic carbocycles. The van der Waals surface area contributed by atoms with Crippen molar-refractivity contribution in [1.82, 2.24) is 0 Å². The summed E-state index contributed by atoms with van der Waals surface area (Å²) < 4.78 is 0. The summed E-state index contributed by atoms with van der Waals surface area (Å²) in [6, 6.07) is 0. The number of hydrogen-bond acceptors (Lipinski definition) is 1. The van der Waals surface area contributed by atoms with E-state index in [1.807, 2.05) is 0 Å². The molecule has 0 rings (SSSR count). The second kappa shape index (κ2) is 5.53. The van der Waals surface area contributed by atoms with Crippen molar-refractivity contribution in [2.75, 3.05) is 0 Å². The van der Waals surface area contributed by atoms with E-state index in [1.54, 1.807) is 0 Å². The van der Waals surface area contributed by atoms with E-state index in [4.69, 9.17) is 11.8 Å². The maximum atomic E-state index is 4.87. The van der Waals surface area contributed by atoms with Crippen LogP contribution in [0.1, 0.15) is 26.7 Å². The minimum Gasteiger partial charge on any atom is -0.100 e. The van der Waals surface area contributed by atoms with Crippen LogP contribution in [0.5, 0.6) is 0 Å². The van der Waals surface area contributed by atoms with Crippen molar-refractivity contribution in [3.63, 3.8) is 0 Å². The fourth-order valence-corrected chi connectivity index (χ4v) is 1.82. The van der Waals surface area contributed by atoms with Crippen LogP contribution >= 0.6 is 7.36 Å². The van der Waals surface area contributed by atoms with Crippen LogP contribution in [0.2, 0.25) is 0 Å². The number of hydrogen-bond donors (Lipinski definition) is 0. The highest BCUT2D eigenvalue weighted by molar-refractivity contribution is 7.97. The third kappa shape index (κ3) is 3.40. The SMILES string of the molecule is CCC(=C[PH2]=S)CC. The van der Waals surface area contributed by atoms with Gasteiger partial charge in [-0.25, -0.2) is 0 Å². The molecule has 0 nitrogen and oxygen atoms in total. The van der Waals surface area contributed by atoms with Gasteiger partial charge in [-0.05, 0) is 20.2 Å². The molecule has 0 amide bonds. The average Bonchev–Trinajstić information content (AvgIpc) is 1.83. The Balaban J connectivity index is 3.66. The highest BCUT2D eigenvalue weighted by atomic mass is 32.4. The molecule has 0 fully saturated rings. The summed E-state index contributed by atoms with van der Waals surface area (Å²) in [5.41, 5.74) is 1.52. The van der Waals surface area contributed by atoms with E-state index in [0.29, 0.717) is 0 Å². The number of rotatable bonds is 3. The molecule has 0 aromatic heterocycles. The zero-order valence-electron chi connectivity index (χ0n) is 5.48. The van der Waals surface area contributed by atoms with E-state index in [1.165, 1.54) is 18.4 Å². The Morgan fingerprint density at radius 1 is 1.50 bits per heavy atom. The van der Waals surface area contributed by atoms with Crippen molar-refractivity contribution in [3.8, 4) is 0 Å². The summed E-state index contributed by atoms with van der Waals surface area (Å²) in [6.45, 7) is 4.36. The molecule has 0 saturated carbocycles. The Hall–Kier alpha value is 0.390. The Morgan fingerprint density at radius 2 is 2.00 bits per heavy atom. The first kappa shape index (κ1) is 8.39. The van der Waals surface area contributed by atoms with Crippen LogP contribution in [-0.2, 0) is 11.8 Å². The molecule has 48 valence electrons. The molecule has 0 spiro atoms. The normalized spacial score (nSPS) is 10.2. The molecule has 8 heavy (non-hydrogen) atoms. The Kier molecular flexibility index (Phi) is 5.79. The molecule has 0 heterocycles. The topological polar surface area (TPSA) is 0 Å². The summed E-state index contributed by atoms with van der Waals surface area (Å²) in [6.07, 6.45) is 2.36. The van der Waals surface area contributed by atoms with Gasteiger partial charge in [-0.2, -0.15) is 0 Å². The van der Waals surface area contributed by atoms with Crippen molar-refractivity contribution in [1.29, 1.82) is 0 Å². The molecular formula is C6H13PS. The smallest absolute Gasteiger partial charge is 0.0345 e. The van der Waals surface area contributed by atoms with Gasteiger partial charge in [0.05, 0.1) is 0 Å². The van der Waals surface area contributed by atoms with Gasteiger partial charge in [0.15, 0.2) is 0 Å². The van der Waals surface area contributed by atoms with Gasteiger partial charge in [-0.3, -0.25) is 0 Å². The van der Waals surface area contributed by atoms with Crippen LogP contribution in [0, 0.1) is 0 Å². The molecule has 0 N–H and O–H groups in total. The second-order valence-electron chi connectivity index (χ2n) is 1.67. The predicted octanol–water partition coefficient (Wildman–Crippen LogP) is 2.56. The lowest BCUT2D eigenvalue weighted by atomic mass is 10.2. The quantitative estimate of drug-likeness (QED) is 0.554. The summed E-state index contributed by atoms with van der Waals surface area (Å²) >= 11 is 4.87. The minimum atomic E-state index is 0.169. The standard InChI is InChI=1S/C6H13PS/c1-3-6(4-2)5-7-8/h5H,3-4,7H2,1-2H3. The van der Waals surface area contributed by atoms with E-state index in [0.717, 1.165) is 0 Å². The van der Waals surface area contributed by atoms with Crippen molar-refractivity contribution < 1.29 is 0 Å². The third-order valence-electron chi connectivity index (χ3n) is 1.21. The molecule has 0 aliphatic carbocycles. The first-order chi connectivity index (χ1) is 3.85. The fraction of sp³-hybridized carbons (Fsp3) is 0.667. The Bertz CT molecular complexity index is 90.7. The fourth-order valence-electron chi connectivity index (χ4n) is 0.582. The summed E-state index contributed by atoms with van der Waals surface area (Å²) in [4.78, 5) is 0. The molecule has 1 atom stereocenters. The lowest BCUT2D eigenvalue weighted by molar-refractivity contribution is 0.983. The molecule has 0 aliphatic heterocycles. The lowest BCUT2D eigenvalue weighted by Crippen LogP contribution is -1.71. The maximum Gasteiger partial charge on any atom is -0.0345 e. The zero-order valence-corrected chi connectivity index (χ0v) is 7.45. The Labute approximate surface area is 57.8 Å². The van der Waals surface area contributed by atoms with Crippen molar-refractivity contribution in [2.45, 2.75) is 26.7 Å². The summed E-state index contributed by atoms with van der Waals surface area (Å²) in [5, 5.41) is 0. The van der Waals surface area contributed by atoms with Crippen LogP contribution in [0.4, 0.5) is 0 Å². The third-order valence-corrected chi connectivity index (χ3v) is 2.23. The largest absolute Gasteiger partial charge is 0.100 e. The van der Waals surface area contributed by atoms with E-state index in [2.05, 4.69) is 19.7 Å². The minimum absolute atomic E-state index is 0.169. The molecule has 2 heteroatoms. The van der Waals surface area contributed by atoms with Crippen LogP contribution in [-0.4, -0.2) is 0 Å². The van der Waals surface area contributed by atoms with Gasteiger partial charge in [0.25, 0.3) is 0 Å². The van der Waals surface area contributed by atoms with Gasteiger partial charge < -0.3 is 0 Å². The molecule has 0 saturated heterocycles. The van der Waals surface area contributed by atoms with Gasteiger partial charge >= 0.3 is 0 Å². The van der Waals surface area contributed by atoms with Crippen molar-refractivity contribution >= 4 is 19.2 Å². The second-order valence-corrected chi connectivity index (χ2v) is 3.09.